The Morgan fingerprint density at radius 1 is 0.545 bits per heavy atom. The highest BCUT2D eigenvalue weighted by molar-refractivity contribution is 7.25. The highest BCUT2D eigenvalue weighted by atomic mass is 32.1. The summed E-state index contributed by atoms with van der Waals surface area (Å²) in [4.78, 5) is 2.38. The molecule has 1 aliphatic rings. The molecule has 0 saturated heterocycles. The van der Waals surface area contributed by atoms with Crippen molar-refractivity contribution in [3.8, 4) is 16.9 Å². The normalized spacial score (nSPS) is 14.3. The molecule has 1 atom stereocenters. The number of thiophene rings is 1. The van der Waals surface area contributed by atoms with Gasteiger partial charge < -0.3 is 14.1 Å². The van der Waals surface area contributed by atoms with E-state index >= 15 is 0 Å². The van der Waals surface area contributed by atoms with Gasteiger partial charge in [0.2, 0.25) is 0 Å². The summed E-state index contributed by atoms with van der Waals surface area (Å²) in [6.45, 7) is 2.29. The van der Waals surface area contributed by atoms with E-state index in [9.17, 15) is 0 Å². The second-order valence-electron chi connectivity index (χ2n) is 14.5. The molecule has 0 N–H and O–H groups in total. The smallest absolute Gasteiger partial charge is 0.135 e. The van der Waals surface area contributed by atoms with Crippen LogP contribution in [0, 0.1) is 0 Å². The molecule has 3 heterocycles. The first-order valence-corrected chi connectivity index (χ1v) is 19.7. The van der Waals surface area contributed by atoms with Crippen LogP contribution < -0.4 is 9.64 Å². The van der Waals surface area contributed by atoms with E-state index in [0.29, 0.717) is 0 Å². The van der Waals surface area contributed by atoms with Crippen LogP contribution in [-0.2, 0) is 0 Å². The summed E-state index contributed by atoms with van der Waals surface area (Å²) >= 11 is 1.85. The Morgan fingerprint density at radius 3 is 2.11 bits per heavy atom. The van der Waals surface area contributed by atoms with Gasteiger partial charge in [0.25, 0.3) is 0 Å². The Hall–Kier alpha value is -6.62. The number of hydrogen-bond acceptors (Lipinski definition) is 4. The third-order valence-electron chi connectivity index (χ3n) is 11.2. The van der Waals surface area contributed by atoms with E-state index < -0.39 is 0 Å². The number of allylic oxidation sites excluding steroid dienone is 1. The summed E-state index contributed by atoms with van der Waals surface area (Å²) < 4.78 is 15.9. The third-order valence-corrected chi connectivity index (χ3v) is 12.3. The summed E-state index contributed by atoms with van der Waals surface area (Å²) in [5.41, 5.74) is 9.69. The van der Waals surface area contributed by atoms with Crippen LogP contribution in [-0.4, -0.2) is 0 Å². The maximum atomic E-state index is 6.71. The Morgan fingerprint density at radius 2 is 1.24 bits per heavy atom. The Balaban J connectivity index is 1.08. The average molecular weight is 726 g/mol. The van der Waals surface area contributed by atoms with Crippen molar-refractivity contribution >= 4 is 87.0 Å². The van der Waals surface area contributed by atoms with Crippen molar-refractivity contribution in [3.63, 3.8) is 0 Å². The molecule has 4 heteroatoms. The zero-order valence-corrected chi connectivity index (χ0v) is 31.0. The lowest BCUT2D eigenvalue weighted by atomic mass is 9.92. The monoisotopic (exact) mass is 725 g/mol. The molecule has 0 aliphatic carbocycles. The molecule has 8 aromatic carbocycles. The molecule has 1 unspecified atom stereocenters. The van der Waals surface area contributed by atoms with Gasteiger partial charge in [-0.1, -0.05) is 110 Å². The van der Waals surface area contributed by atoms with E-state index in [2.05, 4.69) is 182 Å². The summed E-state index contributed by atoms with van der Waals surface area (Å²) in [7, 11) is 0. The maximum Gasteiger partial charge on any atom is 0.135 e. The molecule has 10 aromatic rings. The molecule has 1 aliphatic heterocycles. The number of fused-ring (bicyclic) bond motifs is 9. The first-order valence-electron chi connectivity index (χ1n) is 18.9. The van der Waals surface area contributed by atoms with Crippen molar-refractivity contribution in [2.45, 2.75) is 19.3 Å². The molecular weight excluding hydrogens is 691 g/mol. The molecule has 0 amide bonds. The fraction of sp³-hybridized carbons (Fsp3) is 0.0588. The number of benzene rings is 8. The van der Waals surface area contributed by atoms with Gasteiger partial charge in [-0.15, -0.1) is 11.3 Å². The van der Waals surface area contributed by atoms with Crippen LogP contribution in [0.2, 0.25) is 0 Å². The van der Waals surface area contributed by atoms with Gasteiger partial charge in [-0.05, 0) is 107 Å². The molecule has 0 saturated carbocycles. The van der Waals surface area contributed by atoms with Crippen molar-refractivity contribution in [1.29, 1.82) is 0 Å². The molecule has 0 fully saturated rings. The average Bonchev–Trinajstić information content (AvgIpc) is 3.75. The first-order chi connectivity index (χ1) is 27.2. The lowest BCUT2D eigenvalue weighted by Gasteiger charge is -2.26. The largest absolute Gasteiger partial charge is 0.457 e. The molecule has 262 valence electrons. The van der Waals surface area contributed by atoms with E-state index in [1.807, 2.05) is 17.4 Å². The lowest BCUT2D eigenvalue weighted by molar-refractivity contribution is 0.511. The maximum absolute atomic E-state index is 6.71. The van der Waals surface area contributed by atoms with Crippen LogP contribution in [0.1, 0.15) is 30.4 Å². The second-order valence-corrected chi connectivity index (χ2v) is 15.6. The predicted molar refractivity (Wildman–Crippen MR) is 232 cm³/mol. The van der Waals surface area contributed by atoms with Crippen molar-refractivity contribution in [1.82, 2.24) is 0 Å². The Labute approximate surface area is 323 Å². The van der Waals surface area contributed by atoms with Gasteiger partial charge in [-0.25, -0.2) is 0 Å². The number of nitrogens with zero attached hydrogens (tertiary/aromatic N) is 1. The highest BCUT2D eigenvalue weighted by Crippen LogP contribution is 2.47. The van der Waals surface area contributed by atoms with Gasteiger partial charge in [-0.3, -0.25) is 0 Å². The van der Waals surface area contributed by atoms with E-state index in [1.54, 1.807) is 0 Å². The fourth-order valence-corrected chi connectivity index (χ4v) is 9.58. The molecule has 0 bridgehead atoms. The van der Waals surface area contributed by atoms with E-state index in [4.69, 9.17) is 9.15 Å². The van der Waals surface area contributed by atoms with Crippen molar-refractivity contribution in [2.24, 2.45) is 0 Å². The van der Waals surface area contributed by atoms with E-state index in [1.165, 1.54) is 47.6 Å². The molecule has 0 spiro atoms. The number of rotatable bonds is 5. The standard InChI is InChI=1S/C51H35NO2S/c1-32-18-25-44(35-11-3-2-4-12-35)53-46-27-28-47-51(50(32)46)43-31-37(23-26-45(43)54-47)52(38-24-29-49-42(30-38)41-15-7-8-17-48(41)55-49)36-21-19-34(20-22-36)40-16-9-13-33-10-5-6-14-39(33)40/h2-17,19-32H,18H2,1H3. The summed E-state index contributed by atoms with van der Waals surface area (Å²) in [6, 6.07) is 60.9. The number of furan rings is 1. The van der Waals surface area contributed by atoms with Crippen molar-refractivity contribution in [3.05, 3.63) is 187 Å². The minimum absolute atomic E-state index is 0.233. The Bertz CT molecular complexity index is 3110. The van der Waals surface area contributed by atoms with Crippen LogP contribution in [0.15, 0.2) is 180 Å². The zero-order valence-electron chi connectivity index (χ0n) is 30.2. The molecule has 3 nitrogen and oxygen atoms in total. The van der Waals surface area contributed by atoms with Gasteiger partial charge in [0, 0.05) is 59.1 Å². The first kappa shape index (κ1) is 31.9. The highest BCUT2D eigenvalue weighted by Gasteiger charge is 2.25. The van der Waals surface area contributed by atoms with E-state index in [-0.39, 0.29) is 5.92 Å². The number of ether oxygens (including phenoxy) is 1. The summed E-state index contributed by atoms with van der Waals surface area (Å²) in [6.07, 6.45) is 3.10. The van der Waals surface area contributed by atoms with Gasteiger partial charge in [0.15, 0.2) is 0 Å². The minimum Gasteiger partial charge on any atom is -0.457 e. The van der Waals surface area contributed by atoms with Crippen molar-refractivity contribution < 1.29 is 9.15 Å². The zero-order chi connectivity index (χ0) is 36.5. The van der Waals surface area contributed by atoms with Crippen LogP contribution in [0.5, 0.6) is 5.75 Å². The van der Waals surface area contributed by atoms with Crippen molar-refractivity contribution in [2.75, 3.05) is 4.90 Å². The van der Waals surface area contributed by atoms with Gasteiger partial charge >= 0.3 is 0 Å². The fourth-order valence-electron chi connectivity index (χ4n) is 8.49. The molecule has 55 heavy (non-hydrogen) atoms. The lowest BCUT2D eigenvalue weighted by Crippen LogP contribution is -2.09. The van der Waals surface area contributed by atoms with Crippen LogP contribution in [0.4, 0.5) is 17.1 Å². The second kappa shape index (κ2) is 12.8. The molecule has 11 rings (SSSR count). The summed E-state index contributed by atoms with van der Waals surface area (Å²) in [5.74, 6) is 2.02. The minimum atomic E-state index is 0.233. The van der Waals surface area contributed by atoms with Gasteiger partial charge in [0.1, 0.15) is 22.7 Å². The third kappa shape index (κ3) is 5.32. The Kier molecular flexibility index (Phi) is 7.39. The summed E-state index contributed by atoms with van der Waals surface area (Å²) in [5, 5.41) is 7.25. The number of anilines is 3. The van der Waals surface area contributed by atoms with Gasteiger partial charge in [-0.2, -0.15) is 0 Å². The topological polar surface area (TPSA) is 25.6 Å². The predicted octanol–water partition coefficient (Wildman–Crippen LogP) is 15.2. The van der Waals surface area contributed by atoms with E-state index in [0.717, 1.165) is 62.5 Å². The SMILES string of the molecule is CC1CC=C(c2ccccc2)Oc2ccc3oc4ccc(N(c5ccc(-c6cccc7ccccc67)cc5)c5ccc6sc7ccccc7c6c5)cc4c3c21. The molecule has 2 aromatic heterocycles. The van der Waals surface area contributed by atoms with Crippen LogP contribution in [0.25, 0.3) is 69.8 Å². The van der Waals surface area contributed by atoms with Crippen LogP contribution in [0.3, 0.4) is 0 Å². The quantitative estimate of drug-likeness (QED) is 0.177. The molecule has 0 radical (unpaired) electrons. The number of hydrogen-bond donors (Lipinski definition) is 0. The molecular formula is C51H35NO2S. The van der Waals surface area contributed by atoms with Crippen LogP contribution >= 0.6 is 11.3 Å². The van der Waals surface area contributed by atoms with Gasteiger partial charge in [0.05, 0.1) is 0 Å².